The first-order chi connectivity index (χ1) is 12.6. The summed E-state index contributed by atoms with van der Waals surface area (Å²) in [5, 5.41) is 2.04. The van der Waals surface area contributed by atoms with E-state index in [1.807, 2.05) is 5.32 Å². The Balaban J connectivity index is 2.00. The number of hydrogen-bond donors (Lipinski definition) is 1. The average molecular weight is 446 g/mol. The lowest BCUT2D eigenvalue weighted by molar-refractivity contribution is -0.153. The summed E-state index contributed by atoms with van der Waals surface area (Å²) in [6.07, 6.45) is -4.94. The lowest BCUT2D eigenvalue weighted by Crippen LogP contribution is -2.17. The van der Waals surface area contributed by atoms with Gasteiger partial charge in [0.1, 0.15) is 17.4 Å². The summed E-state index contributed by atoms with van der Waals surface area (Å²) in [5.74, 6) is -4.85. The molecule has 0 unspecified atom stereocenters. The number of carbonyl (C=O) groups is 1. The Labute approximate surface area is 157 Å². The Morgan fingerprint density at radius 3 is 2.11 bits per heavy atom. The van der Waals surface area contributed by atoms with Gasteiger partial charge in [-0.25, -0.2) is 8.78 Å². The first-order valence-corrected chi connectivity index (χ1v) is 8.17. The van der Waals surface area contributed by atoms with Crippen LogP contribution in [0.2, 0.25) is 0 Å². The fourth-order valence-corrected chi connectivity index (χ4v) is 2.62. The van der Waals surface area contributed by atoms with Gasteiger partial charge in [-0.1, -0.05) is 28.1 Å². The van der Waals surface area contributed by atoms with E-state index < -0.39 is 35.0 Å². The van der Waals surface area contributed by atoms with Crippen molar-refractivity contribution in [2.45, 2.75) is 6.18 Å². The van der Waals surface area contributed by atoms with E-state index in [2.05, 4.69) is 15.9 Å². The number of nitrogens with one attached hydrogen (secondary N) is 1. The first kappa shape index (κ1) is 19.1. The summed E-state index contributed by atoms with van der Waals surface area (Å²) in [7, 11) is 0. The van der Waals surface area contributed by atoms with Crippen LogP contribution < -0.4 is 5.32 Å². The van der Waals surface area contributed by atoms with Crippen LogP contribution in [0, 0.1) is 11.6 Å². The number of alkyl halides is 3. The van der Waals surface area contributed by atoms with E-state index in [0.717, 1.165) is 18.2 Å². The van der Waals surface area contributed by atoms with E-state index in [4.69, 9.17) is 4.42 Å². The maximum atomic E-state index is 13.3. The lowest BCUT2D eigenvalue weighted by atomic mass is 10.1. The molecule has 0 aliphatic heterocycles. The lowest BCUT2D eigenvalue weighted by Gasteiger charge is -2.07. The molecule has 1 heterocycles. The third-order valence-corrected chi connectivity index (χ3v) is 4.01. The summed E-state index contributed by atoms with van der Waals surface area (Å²) < 4.78 is 71.8. The number of rotatable bonds is 3. The Hall–Kier alpha value is -2.68. The first-order valence-electron chi connectivity index (χ1n) is 7.38. The molecule has 0 saturated carbocycles. The Bertz CT molecular complexity index is 976. The quantitative estimate of drug-likeness (QED) is 0.483. The summed E-state index contributed by atoms with van der Waals surface area (Å²) in [5.41, 5.74) is -0.804. The van der Waals surface area contributed by atoms with Crippen molar-refractivity contribution < 1.29 is 31.2 Å². The van der Waals surface area contributed by atoms with Gasteiger partial charge in [-0.05, 0) is 30.3 Å². The van der Waals surface area contributed by atoms with E-state index in [-0.39, 0.29) is 11.4 Å². The zero-order chi connectivity index (χ0) is 19.8. The Morgan fingerprint density at radius 1 is 0.963 bits per heavy atom. The number of furan rings is 1. The zero-order valence-electron chi connectivity index (χ0n) is 13.2. The van der Waals surface area contributed by atoms with Gasteiger partial charge >= 0.3 is 6.18 Å². The zero-order valence-corrected chi connectivity index (χ0v) is 14.8. The molecule has 3 nitrogen and oxygen atoms in total. The molecule has 27 heavy (non-hydrogen) atoms. The van der Waals surface area contributed by atoms with Crippen molar-refractivity contribution in [1.82, 2.24) is 0 Å². The van der Waals surface area contributed by atoms with Crippen LogP contribution in [0.4, 0.5) is 27.6 Å². The molecule has 0 spiro atoms. The summed E-state index contributed by atoms with van der Waals surface area (Å²) in [6.45, 7) is 0. The molecule has 0 saturated heterocycles. The topological polar surface area (TPSA) is 42.2 Å². The minimum absolute atomic E-state index is 0.176. The van der Waals surface area contributed by atoms with Gasteiger partial charge in [0.15, 0.2) is 0 Å². The number of halogens is 6. The summed E-state index contributed by atoms with van der Waals surface area (Å²) >= 11 is 3.21. The molecule has 140 valence electrons. The van der Waals surface area contributed by atoms with Crippen LogP contribution in [0.3, 0.4) is 0 Å². The Kier molecular flexibility index (Phi) is 5.05. The van der Waals surface area contributed by atoms with Crippen LogP contribution >= 0.6 is 15.9 Å². The van der Waals surface area contributed by atoms with Gasteiger partial charge in [0.05, 0.1) is 5.56 Å². The maximum Gasteiger partial charge on any atom is 0.450 e. The minimum atomic E-state index is -4.94. The van der Waals surface area contributed by atoms with Gasteiger partial charge in [0.2, 0.25) is 5.76 Å². The number of anilines is 1. The fourth-order valence-electron chi connectivity index (χ4n) is 2.35. The molecule has 2 aromatic carbocycles. The highest BCUT2D eigenvalue weighted by molar-refractivity contribution is 9.10. The second kappa shape index (κ2) is 7.15. The van der Waals surface area contributed by atoms with Crippen molar-refractivity contribution in [3.05, 3.63) is 76.0 Å². The third kappa shape index (κ3) is 4.36. The fraction of sp³-hybridized carbons (Fsp3) is 0.0556. The highest BCUT2D eigenvalue weighted by Crippen LogP contribution is 2.37. The van der Waals surface area contributed by atoms with Crippen LogP contribution in [0.5, 0.6) is 0 Å². The molecular formula is C18H9BrF5NO2. The van der Waals surface area contributed by atoms with Gasteiger partial charge in [-0.15, -0.1) is 0 Å². The third-order valence-electron chi connectivity index (χ3n) is 3.48. The molecule has 1 N–H and O–H groups in total. The van der Waals surface area contributed by atoms with Crippen LogP contribution in [0.15, 0.2) is 57.4 Å². The van der Waals surface area contributed by atoms with Gasteiger partial charge in [-0.2, -0.15) is 13.2 Å². The molecule has 0 atom stereocenters. The molecular weight excluding hydrogens is 437 g/mol. The molecule has 0 fully saturated rings. The SMILES string of the molecule is O=C(Nc1cc(F)cc(F)c1)c1cc(-c2ccc(Br)cc2)oc1C(F)(F)F. The largest absolute Gasteiger partial charge is 0.451 e. The second-order valence-corrected chi connectivity index (χ2v) is 6.39. The predicted octanol–water partition coefficient (Wildman–Crippen LogP) is 6.26. The van der Waals surface area contributed by atoms with Crippen molar-refractivity contribution in [3.63, 3.8) is 0 Å². The number of amides is 1. The molecule has 0 bridgehead atoms. The van der Waals surface area contributed by atoms with Gasteiger partial charge in [0.25, 0.3) is 5.91 Å². The van der Waals surface area contributed by atoms with Crippen molar-refractivity contribution in [2.24, 2.45) is 0 Å². The number of carbonyl (C=O) groups excluding carboxylic acids is 1. The molecule has 0 aliphatic carbocycles. The van der Waals surface area contributed by atoms with E-state index >= 15 is 0 Å². The van der Waals surface area contributed by atoms with Crippen LogP contribution in [0.1, 0.15) is 16.1 Å². The average Bonchev–Trinajstić information content (AvgIpc) is 3.00. The van der Waals surface area contributed by atoms with Crippen molar-refractivity contribution in [3.8, 4) is 11.3 Å². The molecule has 9 heteroatoms. The second-order valence-electron chi connectivity index (χ2n) is 5.47. The van der Waals surface area contributed by atoms with E-state index in [9.17, 15) is 26.7 Å². The molecule has 0 radical (unpaired) electrons. The van der Waals surface area contributed by atoms with E-state index in [0.29, 0.717) is 16.1 Å². The van der Waals surface area contributed by atoms with E-state index in [1.54, 1.807) is 12.1 Å². The number of benzene rings is 2. The van der Waals surface area contributed by atoms with E-state index in [1.165, 1.54) is 12.1 Å². The molecule has 3 rings (SSSR count). The molecule has 0 aliphatic rings. The Morgan fingerprint density at radius 2 is 1.56 bits per heavy atom. The van der Waals surface area contributed by atoms with Crippen LogP contribution in [0.25, 0.3) is 11.3 Å². The van der Waals surface area contributed by atoms with Gasteiger partial charge in [0, 0.05) is 21.8 Å². The molecule has 1 aromatic heterocycles. The predicted molar refractivity (Wildman–Crippen MR) is 91.2 cm³/mol. The van der Waals surface area contributed by atoms with Gasteiger partial charge < -0.3 is 9.73 Å². The van der Waals surface area contributed by atoms with Crippen molar-refractivity contribution in [1.29, 1.82) is 0 Å². The maximum absolute atomic E-state index is 13.3. The summed E-state index contributed by atoms with van der Waals surface area (Å²) in [6, 6.07) is 9.27. The summed E-state index contributed by atoms with van der Waals surface area (Å²) in [4.78, 5) is 12.3. The standard InChI is InChI=1S/C18H9BrF5NO2/c19-10-3-1-9(2-4-10)15-8-14(16(27-15)18(22,23)24)17(26)25-13-6-11(20)5-12(21)7-13/h1-8H,(H,25,26). The van der Waals surface area contributed by atoms with Crippen molar-refractivity contribution >= 4 is 27.5 Å². The normalized spacial score (nSPS) is 11.5. The minimum Gasteiger partial charge on any atom is -0.451 e. The molecule has 3 aromatic rings. The van der Waals surface area contributed by atoms with Crippen LogP contribution in [-0.2, 0) is 6.18 Å². The number of hydrogen-bond acceptors (Lipinski definition) is 2. The van der Waals surface area contributed by atoms with Gasteiger partial charge in [-0.3, -0.25) is 4.79 Å². The van der Waals surface area contributed by atoms with Crippen LogP contribution in [-0.4, -0.2) is 5.91 Å². The van der Waals surface area contributed by atoms with Crippen molar-refractivity contribution in [2.75, 3.05) is 5.32 Å². The monoisotopic (exact) mass is 445 g/mol. The highest BCUT2D eigenvalue weighted by atomic mass is 79.9. The smallest absolute Gasteiger partial charge is 0.450 e. The molecule has 1 amide bonds. The highest BCUT2D eigenvalue weighted by Gasteiger charge is 2.40.